The Morgan fingerprint density at radius 3 is 2.73 bits per heavy atom. The van der Waals surface area contributed by atoms with Crippen LogP contribution in [0.4, 0.5) is 0 Å². The Balaban J connectivity index is 1.94. The van der Waals surface area contributed by atoms with E-state index in [2.05, 4.69) is 12.2 Å². The molecule has 1 aliphatic rings. The molecule has 1 N–H and O–H groups in total. The average Bonchev–Trinajstić information content (AvgIpc) is 2.25. The third-order valence-electron chi connectivity index (χ3n) is 3.65. The standard InChI is InChI=1S/C13H27NO/c1-12-7-3-4-8-13(12)11-14-9-5-6-10-15-2/h12-14H,3-11H2,1-2H3. The fourth-order valence-corrected chi connectivity index (χ4v) is 2.48. The van der Waals surface area contributed by atoms with Gasteiger partial charge in [0.15, 0.2) is 0 Å². The topological polar surface area (TPSA) is 21.3 Å². The van der Waals surface area contributed by atoms with Gasteiger partial charge in [-0.15, -0.1) is 0 Å². The van der Waals surface area contributed by atoms with E-state index in [-0.39, 0.29) is 0 Å². The number of hydrogen-bond donors (Lipinski definition) is 1. The minimum Gasteiger partial charge on any atom is -0.385 e. The van der Waals surface area contributed by atoms with E-state index < -0.39 is 0 Å². The fourth-order valence-electron chi connectivity index (χ4n) is 2.48. The molecule has 0 aromatic carbocycles. The zero-order valence-electron chi connectivity index (χ0n) is 10.4. The van der Waals surface area contributed by atoms with Gasteiger partial charge in [0.1, 0.15) is 0 Å². The highest BCUT2D eigenvalue weighted by Crippen LogP contribution is 2.28. The summed E-state index contributed by atoms with van der Waals surface area (Å²) in [5, 5.41) is 3.59. The first-order valence-corrected chi connectivity index (χ1v) is 6.54. The normalized spacial score (nSPS) is 26.8. The molecule has 0 spiro atoms. The highest BCUT2D eigenvalue weighted by Gasteiger charge is 2.20. The van der Waals surface area contributed by atoms with Crippen LogP contribution in [0.25, 0.3) is 0 Å². The second-order valence-corrected chi connectivity index (χ2v) is 4.93. The van der Waals surface area contributed by atoms with Gasteiger partial charge in [0.25, 0.3) is 0 Å². The summed E-state index contributed by atoms with van der Waals surface area (Å²) in [6, 6.07) is 0. The van der Waals surface area contributed by atoms with E-state index in [4.69, 9.17) is 4.74 Å². The van der Waals surface area contributed by atoms with Crippen molar-refractivity contribution in [2.24, 2.45) is 11.8 Å². The van der Waals surface area contributed by atoms with Gasteiger partial charge in [-0.25, -0.2) is 0 Å². The van der Waals surface area contributed by atoms with Crippen molar-refractivity contribution < 1.29 is 4.74 Å². The number of hydrogen-bond acceptors (Lipinski definition) is 2. The summed E-state index contributed by atoms with van der Waals surface area (Å²) >= 11 is 0. The molecule has 2 unspecified atom stereocenters. The molecule has 0 aromatic rings. The lowest BCUT2D eigenvalue weighted by molar-refractivity contribution is 0.191. The predicted molar refractivity (Wildman–Crippen MR) is 65.1 cm³/mol. The van der Waals surface area contributed by atoms with Crippen molar-refractivity contribution in [3.8, 4) is 0 Å². The van der Waals surface area contributed by atoms with E-state index in [1.807, 2.05) is 0 Å². The summed E-state index contributed by atoms with van der Waals surface area (Å²) in [4.78, 5) is 0. The third-order valence-corrected chi connectivity index (χ3v) is 3.65. The van der Waals surface area contributed by atoms with Crippen LogP contribution in [0.1, 0.15) is 45.4 Å². The van der Waals surface area contributed by atoms with E-state index in [1.54, 1.807) is 7.11 Å². The highest BCUT2D eigenvalue weighted by molar-refractivity contribution is 4.73. The van der Waals surface area contributed by atoms with Crippen molar-refractivity contribution in [2.45, 2.75) is 45.4 Å². The molecule has 2 nitrogen and oxygen atoms in total. The molecule has 90 valence electrons. The summed E-state index contributed by atoms with van der Waals surface area (Å²) < 4.78 is 5.03. The Morgan fingerprint density at radius 1 is 1.20 bits per heavy atom. The van der Waals surface area contributed by atoms with Crippen molar-refractivity contribution in [3.05, 3.63) is 0 Å². The van der Waals surface area contributed by atoms with Crippen LogP contribution in [0, 0.1) is 11.8 Å². The quantitative estimate of drug-likeness (QED) is 0.657. The van der Waals surface area contributed by atoms with Crippen LogP contribution in [0.5, 0.6) is 0 Å². The zero-order chi connectivity index (χ0) is 10.9. The Kier molecular flexibility index (Phi) is 7.03. The van der Waals surface area contributed by atoms with E-state index in [0.29, 0.717) is 0 Å². The van der Waals surface area contributed by atoms with Gasteiger partial charge in [-0.3, -0.25) is 0 Å². The molecule has 1 fully saturated rings. The molecule has 0 aliphatic heterocycles. The smallest absolute Gasteiger partial charge is 0.0462 e. The largest absolute Gasteiger partial charge is 0.385 e. The maximum absolute atomic E-state index is 5.03. The van der Waals surface area contributed by atoms with E-state index in [9.17, 15) is 0 Å². The van der Waals surface area contributed by atoms with Crippen molar-refractivity contribution in [1.82, 2.24) is 5.32 Å². The maximum atomic E-state index is 5.03. The van der Waals surface area contributed by atoms with E-state index in [1.165, 1.54) is 45.1 Å². The van der Waals surface area contributed by atoms with Gasteiger partial charge in [-0.1, -0.05) is 26.2 Å². The lowest BCUT2D eigenvalue weighted by Crippen LogP contribution is -2.30. The molecular formula is C13H27NO. The summed E-state index contributed by atoms with van der Waals surface area (Å²) in [6.45, 7) is 5.71. The van der Waals surface area contributed by atoms with Crippen LogP contribution in [-0.2, 0) is 4.74 Å². The zero-order valence-corrected chi connectivity index (χ0v) is 10.4. The third kappa shape index (κ3) is 5.53. The predicted octanol–water partition coefficient (Wildman–Crippen LogP) is 2.83. The van der Waals surface area contributed by atoms with Crippen LogP contribution in [0.2, 0.25) is 0 Å². The second kappa shape index (κ2) is 8.12. The first-order chi connectivity index (χ1) is 7.34. The number of ether oxygens (including phenoxy) is 1. The fraction of sp³-hybridized carbons (Fsp3) is 1.00. The van der Waals surface area contributed by atoms with Crippen LogP contribution in [0.3, 0.4) is 0 Å². The van der Waals surface area contributed by atoms with Crippen LogP contribution < -0.4 is 5.32 Å². The summed E-state index contributed by atoms with van der Waals surface area (Å²) in [6.07, 6.45) is 8.20. The average molecular weight is 213 g/mol. The summed E-state index contributed by atoms with van der Waals surface area (Å²) in [7, 11) is 1.77. The number of rotatable bonds is 7. The van der Waals surface area contributed by atoms with Crippen LogP contribution in [-0.4, -0.2) is 26.8 Å². The SMILES string of the molecule is COCCCCNCC1CCCCC1C. The molecule has 0 heterocycles. The van der Waals surface area contributed by atoms with Gasteiger partial charge >= 0.3 is 0 Å². The molecule has 1 rings (SSSR count). The number of nitrogens with one attached hydrogen (secondary N) is 1. The molecule has 0 saturated heterocycles. The molecule has 2 atom stereocenters. The van der Waals surface area contributed by atoms with Gasteiger partial charge in [0.2, 0.25) is 0 Å². The highest BCUT2D eigenvalue weighted by atomic mass is 16.5. The monoisotopic (exact) mass is 213 g/mol. The number of unbranched alkanes of at least 4 members (excludes halogenated alkanes) is 1. The molecule has 1 saturated carbocycles. The Labute approximate surface area is 94.8 Å². The number of methoxy groups -OCH3 is 1. The molecule has 0 amide bonds. The van der Waals surface area contributed by atoms with Gasteiger partial charge in [-0.05, 0) is 44.2 Å². The lowest BCUT2D eigenvalue weighted by atomic mass is 9.80. The molecule has 0 bridgehead atoms. The van der Waals surface area contributed by atoms with E-state index in [0.717, 1.165) is 25.0 Å². The van der Waals surface area contributed by atoms with Crippen molar-refractivity contribution in [2.75, 3.05) is 26.8 Å². The van der Waals surface area contributed by atoms with Gasteiger partial charge in [0.05, 0.1) is 0 Å². The molecular weight excluding hydrogens is 186 g/mol. The molecule has 15 heavy (non-hydrogen) atoms. The maximum Gasteiger partial charge on any atom is 0.0462 e. The van der Waals surface area contributed by atoms with E-state index >= 15 is 0 Å². The van der Waals surface area contributed by atoms with Crippen molar-refractivity contribution in [3.63, 3.8) is 0 Å². The molecule has 1 aliphatic carbocycles. The van der Waals surface area contributed by atoms with Crippen molar-refractivity contribution >= 4 is 0 Å². The summed E-state index contributed by atoms with van der Waals surface area (Å²) in [5.74, 6) is 1.87. The van der Waals surface area contributed by atoms with Crippen LogP contribution in [0.15, 0.2) is 0 Å². The molecule has 0 radical (unpaired) electrons. The molecule has 0 aromatic heterocycles. The Morgan fingerprint density at radius 2 is 2.00 bits per heavy atom. The summed E-state index contributed by atoms with van der Waals surface area (Å²) in [5.41, 5.74) is 0. The first kappa shape index (κ1) is 13.0. The second-order valence-electron chi connectivity index (χ2n) is 4.93. The van der Waals surface area contributed by atoms with Gasteiger partial charge in [-0.2, -0.15) is 0 Å². The minimum absolute atomic E-state index is 0.904. The van der Waals surface area contributed by atoms with Crippen LogP contribution >= 0.6 is 0 Å². The van der Waals surface area contributed by atoms with Gasteiger partial charge in [0, 0.05) is 13.7 Å². The van der Waals surface area contributed by atoms with Gasteiger partial charge < -0.3 is 10.1 Å². The minimum atomic E-state index is 0.904. The van der Waals surface area contributed by atoms with Crippen molar-refractivity contribution in [1.29, 1.82) is 0 Å². The molecule has 2 heteroatoms. The Hall–Kier alpha value is -0.0800. The first-order valence-electron chi connectivity index (χ1n) is 6.54. The lowest BCUT2D eigenvalue weighted by Gasteiger charge is -2.28. The Bertz CT molecular complexity index is 149.